The van der Waals surface area contributed by atoms with Gasteiger partial charge < -0.3 is 9.42 Å². The number of amides is 1. The number of carbonyl (C=O) groups excluding carboxylic acids is 1. The van der Waals surface area contributed by atoms with Crippen molar-refractivity contribution >= 4 is 27.5 Å². The van der Waals surface area contributed by atoms with Crippen LogP contribution in [0.25, 0.3) is 0 Å². The standard InChI is InChI=1S/C20H21BrN6O4/c1-14-18(13-26-12-17(10-22-26)27(29)30)19(23-31-14)20(28)25-7-5-24(6-8-25)11-15-3-2-4-16(21)9-15/h2-4,9-10,12H,5-8,11,13H2,1H3. The zero-order chi connectivity index (χ0) is 22.0. The fourth-order valence-corrected chi connectivity index (χ4v) is 4.04. The van der Waals surface area contributed by atoms with Crippen molar-refractivity contribution in [2.75, 3.05) is 26.2 Å². The summed E-state index contributed by atoms with van der Waals surface area (Å²) in [6.45, 7) is 5.41. The van der Waals surface area contributed by atoms with Gasteiger partial charge in [-0.15, -0.1) is 0 Å². The van der Waals surface area contributed by atoms with Gasteiger partial charge in [-0.2, -0.15) is 5.10 Å². The molecule has 1 saturated heterocycles. The fraction of sp³-hybridized carbons (Fsp3) is 0.350. The highest BCUT2D eigenvalue weighted by Gasteiger charge is 2.28. The Hall–Kier alpha value is -3.05. The molecular formula is C20H21BrN6O4. The van der Waals surface area contributed by atoms with Crippen LogP contribution >= 0.6 is 15.9 Å². The van der Waals surface area contributed by atoms with E-state index < -0.39 is 4.92 Å². The van der Waals surface area contributed by atoms with Crippen LogP contribution in [0.2, 0.25) is 0 Å². The molecule has 4 rings (SSSR count). The van der Waals surface area contributed by atoms with Crippen molar-refractivity contribution in [3.63, 3.8) is 0 Å². The molecule has 31 heavy (non-hydrogen) atoms. The average Bonchev–Trinajstić information content (AvgIpc) is 3.36. The highest BCUT2D eigenvalue weighted by molar-refractivity contribution is 9.10. The molecule has 0 N–H and O–H groups in total. The van der Waals surface area contributed by atoms with Crippen molar-refractivity contribution < 1.29 is 14.2 Å². The summed E-state index contributed by atoms with van der Waals surface area (Å²) < 4.78 is 7.72. The summed E-state index contributed by atoms with van der Waals surface area (Å²) in [5, 5.41) is 18.8. The molecule has 0 aliphatic carbocycles. The maximum atomic E-state index is 13.1. The van der Waals surface area contributed by atoms with Crippen LogP contribution in [0, 0.1) is 17.0 Å². The molecule has 0 unspecified atom stereocenters. The highest BCUT2D eigenvalue weighted by Crippen LogP contribution is 2.20. The third-order valence-corrected chi connectivity index (χ3v) is 5.79. The third kappa shape index (κ3) is 4.83. The zero-order valence-electron chi connectivity index (χ0n) is 16.9. The van der Waals surface area contributed by atoms with Gasteiger partial charge in [0, 0.05) is 42.8 Å². The second-order valence-corrected chi connectivity index (χ2v) is 8.33. The summed E-state index contributed by atoms with van der Waals surface area (Å²) in [4.78, 5) is 27.5. The smallest absolute Gasteiger partial charge is 0.307 e. The van der Waals surface area contributed by atoms with E-state index in [-0.39, 0.29) is 23.8 Å². The van der Waals surface area contributed by atoms with Crippen LogP contribution in [0.4, 0.5) is 5.69 Å². The Morgan fingerprint density at radius 3 is 2.71 bits per heavy atom. The van der Waals surface area contributed by atoms with Crippen molar-refractivity contribution in [2.45, 2.75) is 20.0 Å². The molecule has 1 amide bonds. The second-order valence-electron chi connectivity index (χ2n) is 7.42. The first-order valence-electron chi connectivity index (χ1n) is 9.79. The molecule has 0 bridgehead atoms. The van der Waals surface area contributed by atoms with Crippen LogP contribution in [-0.2, 0) is 13.1 Å². The zero-order valence-corrected chi connectivity index (χ0v) is 18.5. The average molecular weight is 489 g/mol. The Kier molecular flexibility index (Phi) is 6.14. The Bertz CT molecular complexity index is 1100. The van der Waals surface area contributed by atoms with E-state index in [4.69, 9.17) is 4.52 Å². The normalized spacial score (nSPS) is 14.7. The second kappa shape index (κ2) is 8.98. The van der Waals surface area contributed by atoms with Crippen molar-refractivity contribution in [1.29, 1.82) is 0 Å². The molecule has 10 nitrogen and oxygen atoms in total. The summed E-state index contributed by atoms with van der Waals surface area (Å²) in [5.74, 6) is 0.297. The number of rotatable bonds is 6. The van der Waals surface area contributed by atoms with Gasteiger partial charge >= 0.3 is 5.69 Å². The van der Waals surface area contributed by atoms with Gasteiger partial charge in [-0.25, -0.2) is 0 Å². The van der Waals surface area contributed by atoms with Gasteiger partial charge in [0.15, 0.2) is 5.69 Å². The predicted octanol–water partition coefficient (Wildman–Crippen LogP) is 2.86. The first-order valence-corrected chi connectivity index (χ1v) is 10.6. The van der Waals surface area contributed by atoms with Crippen LogP contribution in [0.3, 0.4) is 0 Å². The maximum Gasteiger partial charge on any atom is 0.307 e. The molecule has 0 saturated carbocycles. The molecule has 3 heterocycles. The number of halogens is 1. The summed E-state index contributed by atoms with van der Waals surface area (Å²) in [7, 11) is 0. The number of carbonyl (C=O) groups is 1. The molecule has 1 fully saturated rings. The van der Waals surface area contributed by atoms with E-state index >= 15 is 0 Å². The van der Waals surface area contributed by atoms with Crippen LogP contribution < -0.4 is 0 Å². The lowest BCUT2D eigenvalue weighted by atomic mass is 10.1. The molecular weight excluding hydrogens is 468 g/mol. The van der Waals surface area contributed by atoms with Gasteiger partial charge in [-0.05, 0) is 24.6 Å². The molecule has 11 heteroatoms. The maximum absolute atomic E-state index is 13.1. The minimum absolute atomic E-state index is 0.108. The topological polar surface area (TPSA) is 111 Å². The lowest BCUT2D eigenvalue weighted by molar-refractivity contribution is -0.385. The van der Waals surface area contributed by atoms with Crippen molar-refractivity contribution in [3.8, 4) is 0 Å². The minimum Gasteiger partial charge on any atom is -0.361 e. The number of aryl methyl sites for hydroxylation is 1. The molecule has 162 valence electrons. The Balaban J connectivity index is 1.40. The highest BCUT2D eigenvalue weighted by atomic mass is 79.9. The summed E-state index contributed by atoms with van der Waals surface area (Å²) in [6, 6.07) is 8.20. The lowest BCUT2D eigenvalue weighted by Gasteiger charge is -2.34. The predicted molar refractivity (Wildman–Crippen MR) is 115 cm³/mol. The van der Waals surface area contributed by atoms with Crippen molar-refractivity contribution in [2.24, 2.45) is 0 Å². The van der Waals surface area contributed by atoms with Gasteiger partial charge in [-0.1, -0.05) is 33.2 Å². The van der Waals surface area contributed by atoms with Gasteiger partial charge in [-0.3, -0.25) is 24.5 Å². The molecule has 3 aromatic rings. The largest absolute Gasteiger partial charge is 0.361 e. The van der Waals surface area contributed by atoms with E-state index in [0.29, 0.717) is 24.4 Å². The lowest BCUT2D eigenvalue weighted by Crippen LogP contribution is -2.48. The number of aromatic nitrogens is 3. The molecule has 1 aliphatic rings. The Labute approximate surface area is 186 Å². The fourth-order valence-electron chi connectivity index (χ4n) is 3.59. The van der Waals surface area contributed by atoms with Gasteiger partial charge in [0.25, 0.3) is 5.91 Å². The van der Waals surface area contributed by atoms with Crippen LogP contribution in [0.5, 0.6) is 0 Å². The molecule has 1 aromatic carbocycles. The molecule has 0 spiro atoms. The molecule has 0 radical (unpaired) electrons. The molecule has 2 aromatic heterocycles. The van der Waals surface area contributed by atoms with E-state index in [9.17, 15) is 14.9 Å². The van der Waals surface area contributed by atoms with E-state index in [1.54, 1.807) is 11.8 Å². The number of nitro groups is 1. The first-order chi connectivity index (χ1) is 14.9. The Morgan fingerprint density at radius 2 is 2.03 bits per heavy atom. The van der Waals surface area contributed by atoms with Crippen LogP contribution in [0.1, 0.15) is 27.4 Å². The first kappa shape index (κ1) is 21.2. The van der Waals surface area contributed by atoms with E-state index in [1.807, 2.05) is 12.1 Å². The number of piperazine rings is 1. The molecule has 0 atom stereocenters. The van der Waals surface area contributed by atoms with Crippen LogP contribution in [-0.4, -0.2) is 61.7 Å². The summed E-state index contributed by atoms with van der Waals surface area (Å²) in [5.41, 5.74) is 1.93. The SMILES string of the molecule is Cc1onc(C(=O)N2CCN(Cc3cccc(Br)c3)CC2)c1Cn1cc([N+](=O)[O-])cn1. The van der Waals surface area contributed by atoms with Crippen LogP contribution in [0.15, 0.2) is 45.7 Å². The van der Waals surface area contributed by atoms with E-state index in [1.165, 1.54) is 22.6 Å². The number of hydrogen-bond donors (Lipinski definition) is 0. The number of hydrogen-bond acceptors (Lipinski definition) is 7. The van der Waals surface area contributed by atoms with Crippen molar-refractivity contribution in [3.05, 3.63) is 73.8 Å². The third-order valence-electron chi connectivity index (χ3n) is 5.29. The van der Waals surface area contributed by atoms with E-state index in [0.717, 1.165) is 24.1 Å². The molecule has 1 aliphatic heterocycles. The van der Waals surface area contributed by atoms with Crippen molar-refractivity contribution in [1.82, 2.24) is 24.7 Å². The van der Waals surface area contributed by atoms with Gasteiger partial charge in [0.05, 0.1) is 11.5 Å². The summed E-state index contributed by atoms with van der Waals surface area (Å²) >= 11 is 3.50. The monoisotopic (exact) mass is 488 g/mol. The quantitative estimate of drug-likeness (QED) is 0.387. The number of nitrogens with zero attached hydrogens (tertiary/aromatic N) is 6. The number of benzene rings is 1. The van der Waals surface area contributed by atoms with Gasteiger partial charge in [0.2, 0.25) is 0 Å². The summed E-state index contributed by atoms with van der Waals surface area (Å²) in [6.07, 6.45) is 2.50. The Morgan fingerprint density at radius 1 is 1.26 bits per heavy atom. The minimum atomic E-state index is -0.510. The van der Waals surface area contributed by atoms with Gasteiger partial charge in [0.1, 0.15) is 18.2 Å². The van der Waals surface area contributed by atoms with E-state index in [2.05, 4.69) is 43.2 Å².